The van der Waals surface area contributed by atoms with E-state index < -0.39 is 13.1 Å². The lowest BCUT2D eigenvalue weighted by molar-refractivity contribution is 0.0377. The standard InChI is InChI=1S/C10H12BBrO4/c1-6(2)16-10(13)8-5-7(11(14)15)3-4-9(8)12/h3-6,14-15H,1-2H3. The molecule has 6 heteroatoms. The van der Waals surface area contributed by atoms with Crippen LogP contribution in [0.4, 0.5) is 0 Å². The summed E-state index contributed by atoms with van der Waals surface area (Å²) >= 11 is 3.21. The van der Waals surface area contributed by atoms with E-state index in [1.807, 2.05) is 0 Å². The van der Waals surface area contributed by atoms with Crippen LogP contribution in [-0.2, 0) is 4.74 Å². The lowest BCUT2D eigenvalue weighted by Gasteiger charge is -2.10. The highest BCUT2D eigenvalue weighted by Gasteiger charge is 2.18. The van der Waals surface area contributed by atoms with Gasteiger partial charge in [0.15, 0.2) is 0 Å². The van der Waals surface area contributed by atoms with Gasteiger partial charge in [0.05, 0.1) is 11.7 Å². The molecule has 0 spiro atoms. The van der Waals surface area contributed by atoms with E-state index in [1.54, 1.807) is 19.9 Å². The summed E-state index contributed by atoms with van der Waals surface area (Å²) in [5.41, 5.74) is 0.526. The van der Waals surface area contributed by atoms with Gasteiger partial charge in [-0.2, -0.15) is 0 Å². The number of halogens is 1. The number of carbonyl (C=O) groups is 1. The molecule has 1 rings (SSSR count). The zero-order chi connectivity index (χ0) is 12.3. The van der Waals surface area contributed by atoms with Gasteiger partial charge in [-0.25, -0.2) is 4.79 Å². The molecule has 1 aromatic carbocycles. The molecule has 0 fully saturated rings. The molecular formula is C10H12BBrO4. The maximum absolute atomic E-state index is 11.6. The molecule has 0 radical (unpaired) electrons. The van der Waals surface area contributed by atoms with Gasteiger partial charge in [0.1, 0.15) is 0 Å². The Kier molecular flexibility index (Phi) is 4.52. The minimum absolute atomic E-state index is 0.220. The summed E-state index contributed by atoms with van der Waals surface area (Å²) in [6.45, 7) is 3.49. The molecule has 1 aromatic rings. The van der Waals surface area contributed by atoms with Gasteiger partial charge in [-0.05, 0) is 47.4 Å². The third-order valence-electron chi connectivity index (χ3n) is 1.85. The van der Waals surface area contributed by atoms with Gasteiger partial charge in [-0.1, -0.05) is 6.07 Å². The molecule has 0 aliphatic heterocycles. The van der Waals surface area contributed by atoms with Crippen LogP contribution in [0.15, 0.2) is 22.7 Å². The summed E-state index contributed by atoms with van der Waals surface area (Å²) in [7, 11) is -1.60. The number of carbonyl (C=O) groups excluding carboxylic acids is 1. The first-order valence-electron chi connectivity index (χ1n) is 4.78. The number of hydrogen-bond donors (Lipinski definition) is 2. The lowest BCUT2D eigenvalue weighted by Crippen LogP contribution is -2.30. The van der Waals surface area contributed by atoms with E-state index in [0.717, 1.165) is 0 Å². The summed E-state index contributed by atoms with van der Waals surface area (Å²) < 4.78 is 5.58. The van der Waals surface area contributed by atoms with E-state index in [2.05, 4.69) is 15.9 Å². The maximum atomic E-state index is 11.6. The van der Waals surface area contributed by atoms with Crippen LogP contribution in [0, 0.1) is 0 Å². The molecule has 0 heterocycles. The topological polar surface area (TPSA) is 66.8 Å². The fourth-order valence-corrected chi connectivity index (χ4v) is 1.55. The van der Waals surface area contributed by atoms with Gasteiger partial charge >= 0.3 is 13.1 Å². The van der Waals surface area contributed by atoms with E-state index in [1.165, 1.54) is 12.1 Å². The monoisotopic (exact) mass is 286 g/mol. The average Bonchev–Trinajstić information content (AvgIpc) is 2.16. The molecule has 0 amide bonds. The fourth-order valence-electron chi connectivity index (χ4n) is 1.14. The van der Waals surface area contributed by atoms with Crippen molar-refractivity contribution in [2.75, 3.05) is 0 Å². The van der Waals surface area contributed by atoms with Crippen molar-refractivity contribution >= 4 is 34.5 Å². The molecule has 16 heavy (non-hydrogen) atoms. The van der Waals surface area contributed by atoms with Crippen molar-refractivity contribution in [3.8, 4) is 0 Å². The fraction of sp³-hybridized carbons (Fsp3) is 0.300. The first kappa shape index (κ1) is 13.2. The van der Waals surface area contributed by atoms with Gasteiger partial charge in [0.25, 0.3) is 0 Å². The molecule has 0 aromatic heterocycles. The molecule has 2 N–H and O–H groups in total. The van der Waals surface area contributed by atoms with Crippen LogP contribution < -0.4 is 5.46 Å². The van der Waals surface area contributed by atoms with Crippen LogP contribution in [0.1, 0.15) is 24.2 Å². The summed E-state index contributed by atoms with van der Waals surface area (Å²) in [4.78, 5) is 11.6. The Morgan fingerprint density at radius 3 is 2.56 bits per heavy atom. The van der Waals surface area contributed by atoms with Crippen molar-refractivity contribution in [1.29, 1.82) is 0 Å². The Hall–Kier alpha value is -0.845. The maximum Gasteiger partial charge on any atom is 0.488 e. The lowest BCUT2D eigenvalue weighted by atomic mass is 9.79. The van der Waals surface area contributed by atoms with Gasteiger partial charge in [0, 0.05) is 4.47 Å². The van der Waals surface area contributed by atoms with E-state index in [-0.39, 0.29) is 17.1 Å². The SMILES string of the molecule is CC(C)OC(=O)c1cc(B(O)O)ccc1Br. The van der Waals surface area contributed by atoms with Crippen molar-refractivity contribution in [3.05, 3.63) is 28.2 Å². The largest absolute Gasteiger partial charge is 0.488 e. The molecule has 0 aliphatic rings. The highest BCUT2D eigenvalue weighted by molar-refractivity contribution is 9.10. The molecule has 0 bridgehead atoms. The molecular weight excluding hydrogens is 275 g/mol. The van der Waals surface area contributed by atoms with Crippen LogP contribution in [-0.4, -0.2) is 29.2 Å². The minimum atomic E-state index is -1.60. The quantitative estimate of drug-likeness (QED) is 0.634. The Morgan fingerprint density at radius 2 is 2.06 bits per heavy atom. The highest BCUT2D eigenvalue weighted by atomic mass is 79.9. The average molecular weight is 287 g/mol. The molecule has 0 atom stereocenters. The van der Waals surface area contributed by atoms with Crippen LogP contribution >= 0.6 is 15.9 Å². The number of benzene rings is 1. The summed E-state index contributed by atoms with van der Waals surface area (Å²) in [5.74, 6) is -0.496. The Balaban J connectivity index is 3.02. The van der Waals surface area contributed by atoms with Gasteiger partial charge in [-0.15, -0.1) is 0 Å². The third-order valence-corrected chi connectivity index (χ3v) is 2.54. The van der Waals surface area contributed by atoms with Crippen LogP contribution in [0.25, 0.3) is 0 Å². The predicted molar refractivity (Wildman–Crippen MR) is 64.5 cm³/mol. The molecule has 4 nitrogen and oxygen atoms in total. The van der Waals surface area contributed by atoms with E-state index >= 15 is 0 Å². The van der Waals surface area contributed by atoms with Crippen LogP contribution in [0.2, 0.25) is 0 Å². The van der Waals surface area contributed by atoms with Crippen molar-refractivity contribution in [3.63, 3.8) is 0 Å². The second-order valence-corrected chi connectivity index (χ2v) is 4.42. The molecule has 0 unspecified atom stereocenters. The van der Waals surface area contributed by atoms with Gasteiger partial charge in [-0.3, -0.25) is 0 Å². The Labute approximate surface area is 103 Å². The molecule has 0 saturated heterocycles. The van der Waals surface area contributed by atoms with E-state index in [9.17, 15) is 4.79 Å². The van der Waals surface area contributed by atoms with Gasteiger partial charge in [0.2, 0.25) is 0 Å². The normalized spacial score (nSPS) is 10.4. The third kappa shape index (κ3) is 3.33. The van der Waals surface area contributed by atoms with E-state index in [4.69, 9.17) is 14.8 Å². The van der Waals surface area contributed by atoms with Crippen molar-refractivity contribution in [1.82, 2.24) is 0 Å². The van der Waals surface area contributed by atoms with Gasteiger partial charge < -0.3 is 14.8 Å². The van der Waals surface area contributed by atoms with Crippen LogP contribution in [0.3, 0.4) is 0 Å². The number of ether oxygens (including phenoxy) is 1. The number of esters is 1. The van der Waals surface area contributed by atoms with Crippen molar-refractivity contribution in [2.24, 2.45) is 0 Å². The summed E-state index contributed by atoms with van der Waals surface area (Å²) in [6, 6.07) is 4.48. The molecule has 0 saturated carbocycles. The predicted octanol–water partition coefficient (Wildman–Crippen LogP) is 0.694. The van der Waals surface area contributed by atoms with Crippen molar-refractivity contribution < 1.29 is 19.6 Å². The zero-order valence-electron chi connectivity index (χ0n) is 8.98. The Bertz CT molecular complexity index is 392. The first-order chi connectivity index (χ1) is 7.41. The highest BCUT2D eigenvalue weighted by Crippen LogP contribution is 2.16. The number of hydrogen-bond acceptors (Lipinski definition) is 4. The second-order valence-electron chi connectivity index (χ2n) is 3.57. The number of rotatable bonds is 3. The van der Waals surface area contributed by atoms with E-state index in [0.29, 0.717) is 4.47 Å². The molecule has 0 aliphatic carbocycles. The van der Waals surface area contributed by atoms with Crippen molar-refractivity contribution in [2.45, 2.75) is 20.0 Å². The Morgan fingerprint density at radius 1 is 1.44 bits per heavy atom. The smallest absolute Gasteiger partial charge is 0.459 e. The first-order valence-corrected chi connectivity index (χ1v) is 5.57. The second kappa shape index (κ2) is 5.47. The van der Waals surface area contributed by atoms with Crippen LogP contribution in [0.5, 0.6) is 0 Å². The summed E-state index contributed by atoms with van der Waals surface area (Å²) in [5, 5.41) is 18.0. The molecule has 86 valence electrons. The zero-order valence-corrected chi connectivity index (χ0v) is 10.6. The minimum Gasteiger partial charge on any atom is -0.459 e. The summed E-state index contributed by atoms with van der Waals surface area (Å²) in [6.07, 6.45) is -0.220.